The van der Waals surface area contributed by atoms with Crippen LogP contribution in [0.15, 0.2) is 30.5 Å². The number of hydrogen-bond acceptors (Lipinski definition) is 5. The topological polar surface area (TPSA) is 140 Å². The largest absolute Gasteiger partial charge is 0.481 e. The van der Waals surface area contributed by atoms with Gasteiger partial charge >= 0.3 is 5.97 Å². The average Bonchev–Trinajstić information content (AvgIpc) is 2.85. The molecule has 1 aromatic carbocycles. The monoisotopic (exact) mass is 303 g/mol. The second-order valence-electron chi connectivity index (χ2n) is 4.41. The molecule has 0 unspecified atom stereocenters. The van der Waals surface area contributed by atoms with Crippen molar-refractivity contribution < 1.29 is 19.5 Å². The van der Waals surface area contributed by atoms with Crippen LogP contribution in [0.25, 0.3) is 0 Å². The van der Waals surface area contributed by atoms with E-state index in [0.29, 0.717) is 5.69 Å². The van der Waals surface area contributed by atoms with Crippen LogP contribution < -0.4 is 11.1 Å². The van der Waals surface area contributed by atoms with Gasteiger partial charge in [-0.15, -0.1) is 5.10 Å². The van der Waals surface area contributed by atoms with Crippen molar-refractivity contribution in [3.63, 3.8) is 0 Å². The van der Waals surface area contributed by atoms with E-state index in [4.69, 9.17) is 10.8 Å². The molecule has 0 bridgehead atoms. The number of nitrogens with zero attached hydrogens (tertiary/aromatic N) is 3. The predicted octanol–water partition coefficient (Wildman–Crippen LogP) is -0.357. The van der Waals surface area contributed by atoms with Crippen LogP contribution >= 0.6 is 0 Å². The summed E-state index contributed by atoms with van der Waals surface area (Å²) in [6.07, 6.45) is 0.983. The Morgan fingerprint density at radius 1 is 1.27 bits per heavy atom. The Morgan fingerprint density at radius 2 is 2.00 bits per heavy atom. The summed E-state index contributed by atoms with van der Waals surface area (Å²) in [5.74, 6) is -2.20. The van der Waals surface area contributed by atoms with Crippen molar-refractivity contribution in [2.75, 3.05) is 5.32 Å². The summed E-state index contributed by atoms with van der Waals surface area (Å²) in [5, 5.41) is 18.5. The third-order valence-corrected chi connectivity index (χ3v) is 2.79. The Hall–Kier alpha value is -3.23. The van der Waals surface area contributed by atoms with Crippen molar-refractivity contribution in [2.45, 2.75) is 13.0 Å². The molecule has 0 fully saturated rings. The number of carbonyl (C=O) groups is 3. The molecule has 2 amide bonds. The molecule has 9 heteroatoms. The fourth-order valence-corrected chi connectivity index (χ4v) is 1.84. The van der Waals surface area contributed by atoms with Gasteiger partial charge in [0.05, 0.1) is 29.6 Å². The van der Waals surface area contributed by atoms with E-state index in [1.54, 1.807) is 12.1 Å². The smallest absolute Gasteiger partial charge is 0.309 e. The molecule has 0 atom stereocenters. The van der Waals surface area contributed by atoms with Crippen LogP contribution in [0.1, 0.15) is 16.1 Å². The number of primary amides is 1. The third kappa shape index (κ3) is 3.66. The molecule has 1 aromatic heterocycles. The molecule has 0 aliphatic carbocycles. The number of carboxylic acid groups (broad SMARTS) is 1. The average molecular weight is 303 g/mol. The van der Waals surface area contributed by atoms with Crippen LogP contribution in [0.3, 0.4) is 0 Å². The highest BCUT2D eigenvalue weighted by Gasteiger charge is 2.14. The minimum Gasteiger partial charge on any atom is -0.481 e. The van der Waals surface area contributed by atoms with Crippen molar-refractivity contribution in [3.8, 4) is 0 Å². The number of para-hydroxylation sites is 1. The van der Waals surface area contributed by atoms with Crippen molar-refractivity contribution in [1.29, 1.82) is 0 Å². The lowest BCUT2D eigenvalue weighted by atomic mass is 10.1. The third-order valence-electron chi connectivity index (χ3n) is 2.79. The van der Waals surface area contributed by atoms with E-state index < -0.39 is 17.8 Å². The van der Waals surface area contributed by atoms with Gasteiger partial charge in [-0.05, 0) is 12.1 Å². The Bertz CT molecular complexity index is 725. The number of carbonyl (C=O) groups excluding carboxylic acids is 2. The number of carboxylic acids is 1. The van der Waals surface area contributed by atoms with Crippen molar-refractivity contribution in [3.05, 3.63) is 41.7 Å². The molecule has 0 saturated carbocycles. The van der Waals surface area contributed by atoms with Gasteiger partial charge in [-0.1, -0.05) is 17.3 Å². The Balaban J connectivity index is 2.10. The van der Waals surface area contributed by atoms with E-state index in [1.165, 1.54) is 23.0 Å². The van der Waals surface area contributed by atoms with E-state index in [0.717, 1.165) is 0 Å². The van der Waals surface area contributed by atoms with Gasteiger partial charge in [0.1, 0.15) is 6.54 Å². The standard InChI is InChI=1S/C13H13N5O4/c14-13(22)9-3-1-2-4-10(9)16-11(19)7-18-8(5-12(20)21)6-15-17-18/h1-4,6H,5,7H2,(H2,14,22)(H,16,19)(H,20,21). The fraction of sp³-hybridized carbons (Fsp3) is 0.154. The Kier molecular flexibility index (Phi) is 4.47. The van der Waals surface area contributed by atoms with Crippen LogP contribution in [0.4, 0.5) is 5.69 Å². The summed E-state index contributed by atoms with van der Waals surface area (Å²) >= 11 is 0. The van der Waals surface area contributed by atoms with Gasteiger partial charge < -0.3 is 16.2 Å². The molecule has 4 N–H and O–H groups in total. The minimum absolute atomic E-state index is 0.181. The van der Waals surface area contributed by atoms with Gasteiger partial charge in [0.15, 0.2) is 0 Å². The number of anilines is 1. The summed E-state index contributed by atoms with van der Waals surface area (Å²) < 4.78 is 1.18. The number of aliphatic carboxylic acids is 1. The molecule has 1 heterocycles. The molecule has 0 radical (unpaired) electrons. The van der Waals surface area contributed by atoms with Gasteiger partial charge in [0, 0.05) is 0 Å². The van der Waals surface area contributed by atoms with Gasteiger partial charge in [0.2, 0.25) is 5.91 Å². The second-order valence-corrected chi connectivity index (χ2v) is 4.41. The Labute approximate surface area is 124 Å². The predicted molar refractivity (Wildman–Crippen MR) is 75.0 cm³/mol. The summed E-state index contributed by atoms with van der Waals surface area (Å²) in [6.45, 7) is -0.226. The molecular weight excluding hydrogens is 290 g/mol. The lowest BCUT2D eigenvalue weighted by molar-refractivity contribution is -0.136. The van der Waals surface area contributed by atoms with Crippen LogP contribution in [-0.4, -0.2) is 37.9 Å². The number of aromatic nitrogens is 3. The number of amides is 2. The van der Waals surface area contributed by atoms with Crippen LogP contribution in [0.2, 0.25) is 0 Å². The van der Waals surface area contributed by atoms with Crippen LogP contribution in [-0.2, 0) is 22.6 Å². The number of nitrogens with two attached hydrogens (primary N) is 1. The van der Waals surface area contributed by atoms with E-state index in [9.17, 15) is 14.4 Å². The van der Waals surface area contributed by atoms with Crippen molar-refractivity contribution >= 4 is 23.5 Å². The number of rotatable bonds is 6. The summed E-state index contributed by atoms with van der Waals surface area (Å²) in [5.41, 5.74) is 5.98. The van der Waals surface area contributed by atoms with Gasteiger partial charge in [0.25, 0.3) is 5.91 Å². The van der Waals surface area contributed by atoms with Crippen LogP contribution in [0.5, 0.6) is 0 Å². The normalized spacial score (nSPS) is 10.2. The van der Waals surface area contributed by atoms with Gasteiger partial charge in [-0.25, -0.2) is 4.68 Å². The zero-order valence-corrected chi connectivity index (χ0v) is 11.4. The van der Waals surface area contributed by atoms with E-state index in [-0.39, 0.29) is 24.2 Å². The highest BCUT2D eigenvalue weighted by Crippen LogP contribution is 2.14. The van der Waals surface area contributed by atoms with Crippen molar-refractivity contribution in [1.82, 2.24) is 15.0 Å². The molecule has 0 aliphatic heterocycles. The maximum Gasteiger partial charge on any atom is 0.309 e. The number of nitrogens with one attached hydrogen (secondary N) is 1. The lowest BCUT2D eigenvalue weighted by Crippen LogP contribution is -2.23. The first-order valence-corrected chi connectivity index (χ1v) is 6.25. The summed E-state index contributed by atoms with van der Waals surface area (Å²) in [4.78, 5) is 34.0. The zero-order valence-electron chi connectivity index (χ0n) is 11.4. The van der Waals surface area contributed by atoms with E-state index in [2.05, 4.69) is 15.6 Å². The summed E-state index contributed by atoms with van der Waals surface area (Å²) in [7, 11) is 0. The minimum atomic E-state index is -1.05. The van der Waals surface area contributed by atoms with E-state index in [1.807, 2.05) is 0 Å². The SMILES string of the molecule is NC(=O)c1ccccc1NC(=O)Cn1nncc1CC(=O)O. The number of benzene rings is 1. The number of hydrogen-bond donors (Lipinski definition) is 3. The van der Waals surface area contributed by atoms with Crippen LogP contribution in [0, 0.1) is 0 Å². The lowest BCUT2D eigenvalue weighted by Gasteiger charge is -2.09. The first kappa shape index (κ1) is 15.2. The molecule has 0 saturated heterocycles. The molecule has 2 rings (SSSR count). The maximum atomic E-state index is 12.0. The molecule has 22 heavy (non-hydrogen) atoms. The molecule has 0 spiro atoms. The van der Waals surface area contributed by atoms with E-state index >= 15 is 0 Å². The zero-order chi connectivity index (χ0) is 16.1. The first-order chi connectivity index (χ1) is 10.5. The fourth-order valence-electron chi connectivity index (χ4n) is 1.84. The molecule has 0 aliphatic rings. The first-order valence-electron chi connectivity index (χ1n) is 6.25. The summed E-state index contributed by atoms with van der Waals surface area (Å²) in [6, 6.07) is 6.30. The van der Waals surface area contributed by atoms with Gasteiger partial charge in [-0.3, -0.25) is 14.4 Å². The maximum absolute atomic E-state index is 12.0. The molecule has 9 nitrogen and oxygen atoms in total. The highest BCUT2D eigenvalue weighted by atomic mass is 16.4. The second kappa shape index (κ2) is 6.48. The Morgan fingerprint density at radius 3 is 2.68 bits per heavy atom. The molecule has 2 aromatic rings. The quantitative estimate of drug-likeness (QED) is 0.665. The van der Waals surface area contributed by atoms with Crippen molar-refractivity contribution in [2.24, 2.45) is 5.73 Å². The molecule has 114 valence electrons. The molecular formula is C13H13N5O4. The van der Waals surface area contributed by atoms with Gasteiger partial charge in [-0.2, -0.15) is 0 Å². The highest BCUT2D eigenvalue weighted by molar-refractivity contribution is 6.02.